The van der Waals surface area contributed by atoms with Gasteiger partial charge in [0.25, 0.3) is 0 Å². The maximum atomic E-state index is 5.87. The van der Waals surface area contributed by atoms with Crippen molar-refractivity contribution < 1.29 is 4.74 Å². The summed E-state index contributed by atoms with van der Waals surface area (Å²) in [6.07, 6.45) is 4.58. The summed E-state index contributed by atoms with van der Waals surface area (Å²) < 4.78 is 7.05. The minimum atomic E-state index is 0.297. The van der Waals surface area contributed by atoms with E-state index in [9.17, 15) is 0 Å². The highest BCUT2D eigenvalue weighted by atomic mass is 79.9. The lowest BCUT2D eigenvalue weighted by Crippen LogP contribution is -2.33. The maximum absolute atomic E-state index is 5.87. The van der Waals surface area contributed by atoms with E-state index in [1.807, 2.05) is 0 Å². The summed E-state index contributed by atoms with van der Waals surface area (Å²) in [5, 5.41) is 3.52. The molecule has 0 bridgehead atoms. The van der Waals surface area contributed by atoms with Gasteiger partial charge in [-0.3, -0.25) is 0 Å². The van der Waals surface area contributed by atoms with E-state index >= 15 is 0 Å². The summed E-state index contributed by atoms with van der Waals surface area (Å²) in [6.45, 7) is 9.77. The third-order valence-corrected chi connectivity index (χ3v) is 4.56. The zero-order chi connectivity index (χ0) is 14.6. The van der Waals surface area contributed by atoms with Gasteiger partial charge in [0.15, 0.2) is 0 Å². The standard InChI is InChI=1S/C17H26BrNO/c1-4-7-17(3,12-19-5-2)11-14-10-15(18)9-13-6-8-20-16(13)14/h9-10,19H,4-8,11-12H2,1-3H3. The zero-order valence-corrected chi connectivity index (χ0v) is 14.5. The molecule has 1 atom stereocenters. The molecule has 0 saturated carbocycles. The Labute approximate surface area is 131 Å². The third kappa shape index (κ3) is 3.76. The van der Waals surface area contributed by atoms with Crippen LogP contribution in [0, 0.1) is 5.41 Å². The normalized spacial score (nSPS) is 16.6. The van der Waals surface area contributed by atoms with Gasteiger partial charge >= 0.3 is 0 Å². The Hall–Kier alpha value is -0.540. The fourth-order valence-electron chi connectivity index (χ4n) is 3.21. The molecule has 1 unspecified atom stereocenters. The summed E-state index contributed by atoms with van der Waals surface area (Å²) in [5.74, 6) is 1.15. The van der Waals surface area contributed by atoms with Crippen LogP contribution >= 0.6 is 15.9 Å². The van der Waals surface area contributed by atoms with Crippen LogP contribution in [0.5, 0.6) is 5.75 Å². The molecule has 1 aliphatic rings. The van der Waals surface area contributed by atoms with Gasteiger partial charge in [-0.25, -0.2) is 0 Å². The monoisotopic (exact) mass is 339 g/mol. The summed E-state index contributed by atoms with van der Waals surface area (Å²) in [7, 11) is 0. The first-order valence-electron chi connectivity index (χ1n) is 7.73. The van der Waals surface area contributed by atoms with Gasteiger partial charge in [-0.1, -0.05) is 43.1 Å². The first-order chi connectivity index (χ1) is 9.58. The van der Waals surface area contributed by atoms with Crippen molar-refractivity contribution in [3.8, 4) is 5.75 Å². The predicted molar refractivity (Wildman–Crippen MR) is 88.6 cm³/mol. The smallest absolute Gasteiger partial charge is 0.125 e. The lowest BCUT2D eigenvalue weighted by Gasteiger charge is -2.30. The molecule has 1 aliphatic heterocycles. The van der Waals surface area contributed by atoms with Crippen molar-refractivity contribution in [1.82, 2.24) is 5.32 Å². The minimum absolute atomic E-state index is 0.297. The second kappa shape index (κ2) is 6.95. The molecular formula is C17H26BrNO. The van der Waals surface area contributed by atoms with Crippen LogP contribution in [0.1, 0.15) is 44.7 Å². The van der Waals surface area contributed by atoms with Gasteiger partial charge in [0.2, 0.25) is 0 Å². The SMILES string of the molecule is CCCC(C)(CNCC)Cc1cc(Br)cc2c1OCC2. The molecule has 0 aromatic heterocycles. The Kier molecular flexibility index (Phi) is 5.50. The molecule has 1 N–H and O–H groups in total. The highest BCUT2D eigenvalue weighted by Crippen LogP contribution is 2.38. The summed E-state index contributed by atoms with van der Waals surface area (Å²) in [4.78, 5) is 0. The van der Waals surface area contributed by atoms with Gasteiger partial charge in [-0.15, -0.1) is 0 Å². The molecule has 0 fully saturated rings. The number of rotatable bonds is 7. The molecule has 20 heavy (non-hydrogen) atoms. The average Bonchev–Trinajstić information content (AvgIpc) is 2.85. The quantitative estimate of drug-likeness (QED) is 0.797. The Bertz CT molecular complexity index is 461. The number of halogens is 1. The van der Waals surface area contributed by atoms with Crippen LogP contribution in [0.3, 0.4) is 0 Å². The Morgan fingerprint density at radius 2 is 2.15 bits per heavy atom. The Balaban J connectivity index is 2.22. The predicted octanol–water partition coefficient (Wildman–Crippen LogP) is 4.34. The van der Waals surface area contributed by atoms with Gasteiger partial charge in [0.1, 0.15) is 5.75 Å². The van der Waals surface area contributed by atoms with E-state index in [1.165, 1.54) is 28.4 Å². The second-order valence-electron chi connectivity index (χ2n) is 6.17. The second-order valence-corrected chi connectivity index (χ2v) is 7.09. The van der Waals surface area contributed by atoms with Gasteiger partial charge in [-0.2, -0.15) is 0 Å². The molecule has 0 amide bonds. The van der Waals surface area contributed by atoms with Gasteiger partial charge in [0.05, 0.1) is 6.61 Å². The van der Waals surface area contributed by atoms with Crippen molar-refractivity contribution in [2.45, 2.75) is 46.5 Å². The Morgan fingerprint density at radius 1 is 1.35 bits per heavy atom. The number of fused-ring (bicyclic) bond motifs is 1. The molecule has 112 valence electrons. The van der Waals surface area contributed by atoms with Crippen LogP contribution in [0.15, 0.2) is 16.6 Å². The first-order valence-corrected chi connectivity index (χ1v) is 8.52. The van der Waals surface area contributed by atoms with E-state index in [1.54, 1.807) is 0 Å². The molecule has 2 rings (SSSR count). The summed E-state index contributed by atoms with van der Waals surface area (Å²) in [6, 6.07) is 4.44. The highest BCUT2D eigenvalue weighted by molar-refractivity contribution is 9.10. The largest absolute Gasteiger partial charge is 0.493 e. The zero-order valence-electron chi connectivity index (χ0n) is 12.9. The fraction of sp³-hybridized carbons (Fsp3) is 0.647. The van der Waals surface area contributed by atoms with Crippen molar-refractivity contribution in [2.24, 2.45) is 5.41 Å². The van der Waals surface area contributed by atoms with Crippen LogP contribution in [0.25, 0.3) is 0 Å². The van der Waals surface area contributed by atoms with Gasteiger partial charge in [-0.05, 0) is 48.1 Å². The molecule has 0 radical (unpaired) electrons. The molecule has 3 heteroatoms. The maximum Gasteiger partial charge on any atom is 0.125 e. The van der Waals surface area contributed by atoms with Crippen LogP contribution in [0.2, 0.25) is 0 Å². The average molecular weight is 340 g/mol. The fourth-order valence-corrected chi connectivity index (χ4v) is 3.76. The van der Waals surface area contributed by atoms with E-state index in [4.69, 9.17) is 4.74 Å². The van der Waals surface area contributed by atoms with E-state index in [0.717, 1.165) is 38.3 Å². The number of nitrogens with one attached hydrogen (secondary N) is 1. The first kappa shape index (κ1) is 15.8. The van der Waals surface area contributed by atoms with Crippen LogP contribution in [0.4, 0.5) is 0 Å². The number of hydrogen-bond acceptors (Lipinski definition) is 2. The number of hydrogen-bond donors (Lipinski definition) is 1. The summed E-state index contributed by atoms with van der Waals surface area (Å²) >= 11 is 3.64. The summed E-state index contributed by atoms with van der Waals surface area (Å²) in [5.41, 5.74) is 3.02. The molecule has 2 nitrogen and oxygen atoms in total. The van der Waals surface area contributed by atoms with E-state index < -0.39 is 0 Å². The van der Waals surface area contributed by atoms with E-state index in [2.05, 4.69) is 54.2 Å². The molecular weight excluding hydrogens is 314 g/mol. The number of benzene rings is 1. The van der Waals surface area contributed by atoms with Crippen molar-refractivity contribution >= 4 is 15.9 Å². The van der Waals surface area contributed by atoms with Crippen LogP contribution < -0.4 is 10.1 Å². The molecule has 0 aliphatic carbocycles. The highest BCUT2D eigenvalue weighted by Gasteiger charge is 2.27. The lowest BCUT2D eigenvalue weighted by atomic mass is 9.79. The molecule has 1 aromatic rings. The van der Waals surface area contributed by atoms with Crippen molar-refractivity contribution in [3.63, 3.8) is 0 Å². The van der Waals surface area contributed by atoms with Crippen LogP contribution in [-0.4, -0.2) is 19.7 Å². The molecule has 1 aromatic carbocycles. The van der Waals surface area contributed by atoms with E-state index in [0.29, 0.717) is 5.41 Å². The Morgan fingerprint density at radius 3 is 2.85 bits per heavy atom. The lowest BCUT2D eigenvalue weighted by molar-refractivity contribution is 0.271. The van der Waals surface area contributed by atoms with Crippen molar-refractivity contribution in [2.75, 3.05) is 19.7 Å². The van der Waals surface area contributed by atoms with E-state index in [-0.39, 0.29) is 0 Å². The third-order valence-electron chi connectivity index (χ3n) is 4.10. The number of ether oxygens (including phenoxy) is 1. The van der Waals surface area contributed by atoms with Crippen LogP contribution in [-0.2, 0) is 12.8 Å². The molecule has 0 saturated heterocycles. The van der Waals surface area contributed by atoms with Crippen molar-refractivity contribution in [1.29, 1.82) is 0 Å². The van der Waals surface area contributed by atoms with Gasteiger partial charge in [0, 0.05) is 17.4 Å². The molecule has 0 spiro atoms. The van der Waals surface area contributed by atoms with Crippen molar-refractivity contribution in [3.05, 3.63) is 27.7 Å². The minimum Gasteiger partial charge on any atom is -0.493 e. The molecule has 1 heterocycles. The topological polar surface area (TPSA) is 21.3 Å². The van der Waals surface area contributed by atoms with Gasteiger partial charge < -0.3 is 10.1 Å².